The first-order valence-electron chi connectivity index (χ1n) is 10.2. The number of hydrogen-bond donors (Lipinski definition) is 2. The summed E-state index contributed by atoms with van der Waals surface area (Å²) < 4.78 is 12.9. The van der Waals surface area contributed by atoms with E-state index in [1.54, 1.807) is 17.0 Å². The fourth-order valence-corrected chi connectivity index (χ4v) is 3.67. The molecular weight excluding hydrogens is 353 g/mol. The van der Waals surface area contributed by atoms with Crippen molar-refractivity contribution in [1.29, 1.82) is 0 Å². The first kappa shape index (κ1) is 20.5. The quantitative estimate of drug-likeness (QED) is 0.644. The number of unbranched alkanes of at least 4 members (excludes halogenated alkanes) is 2. The molecule has 0 bridgehead atoms. The molecule has 2 aromatic carbocycles. The Kier molecular flexibility index (Phi) is 7.57. The Morgan fingerprint density at radius 1 is 1.04 bits per heavy atom. The van der Waals surface area contributed by atoms with Crippen LogP contribution in [0.3, 0.4) is 0 Å². The zero-order valence-electron chi connectivity index (χ0n) is 16.5. The molecule has 4 nitrogen and oxygen atoms in total. The van der Waals surface area contributed by atoms with Crippen molar-refractivity contribution in [3.63, 3.8) is 0 Å². The van der Waals surface area contributed by atoms with E-state index in [9.17, 15) is 9.18 Å². The van der Waals surface area contributed by atoms with Gasteiger partial charge in [-0.05, 0) is 42.5 Å². The number of hydrogen-bond acceptors (Lipinski definition) is 3. The lowest BCUT2D eigenvalue weighted by Gasteiger charge is -2.17. The van der Waals surface area contributed by atoms with Crippen LogP contribution in [-0.4, -0.2) is 30.4 Å². The van der Waals surface area contributed by atoms with Gasteiger partial charge in [0.05, 0.1) is 6.42 Å². The molecule has 5 heteroatoms. The number of hydrazine groups is 1. The topological polar surface area (TPSA) is 44.4 Å². The minimum Gasteiger partial charge on any atom is -0.345 e. The van der Waals surface area contributed by atoms with Gasteiger partial charge in [0, 0.05) is 25.7 Å². The molecule has 1 aliphatic rings. The Morgan fingerprint density at radius 3 is 2.54 bits per heavy atom. The molecule has 2 aromatic rings. The van der Waals surface area contributed by atoms with Crippen LogP contribution < -0.4 is 10.9 Å². The largest absolute Gasteiger partial charge is 0.345 e. The van der Waals surface area contributed by atoms with Crippen molar-refractivity contribution in [1.82, 2.24) is 15.8 Å². The van der Waals surface area contributed by atoms with E-state index < -0.39 is 0 Å². The lowest BCUT2D eigenvalue weighted by atomic mass is 9.99. The van der Waals surface area contributed by atoms with E-state index in [2.05, 4.69) is 35.1 Å². The van der Waals surface area contributed by atoms with Gasteiger partial charge in [0.15, 0.2) is 0 Å². The van der Waals surface area contributed by atoms with Gasteiger partial charge in [0.1, 0.15) is 5.82 Å². The molecule has 1 fully saturated rings. The van der Waals surface area contributed by atoms with Gasteiger partial charge in [-0.25, -0.2) is 4.39 Å². The normalized spacial score (nSPS) is 18.9. The molecule has 0 aliphatic carbocycles. The van der Waals surface area contributed by atoms with Crippen LogP contribution in [0.5, 0.6) is 0 Å². The molecule has 2 N–H and O–H groups in total. The SMILES string of the molecule is CN(CCCCCC1CC(c2ccccc2)NN1)C(=O)Cc1ccc(F)cc1. The highest BCUT2D eigenvalue weighted by Gasteiger charge is 2.24. The first-order valence-corrected chi connectivity index (χ1v) is 10.2. The highest BCUT2D eigenvalue weighted by Crippen LogP contribution is 2.24. The summed E-state index contributed by atoms with van der Waals surface area (Å²) in [6, 6.07) is 17.6. The second-order valence-corrected chi connectivity index (χ2v) is 7.65. The third-order valence-electron chi connectivity index (χ3n) is 5.42. The number of benzene rings is 2. The van der Waals surface area contributed by atoms with Crippen molar-refractivity contribution in [2.75, 3.05) is 13.6 Å². The smallest absolute Gasteiger partial charge is 0.226 e. The average Bonchev–Trinajstić information content (AvgIpc) is 3.19. The van der Waals surface area contributed by atoms with Crippen molar-refractivity contribution in [2.45, 2.75) is 50.6 Å². The molecule has 2 unspecified atom stereocenters. The molecule has 0 aromatic heterocycles. The van der Waals surface area contributed by atoms with Crippen LogP contribution in [0.4, 0.5) is 4.39 Å². The second-order valence-electron chi connectivity index (χ2n) is 7.65. The second kappa shape index (κ2) is 10.3. The molecule has 1 amide bonds. The molecule has 1 aliphatic heterocycles. The Balaban J connectivity index is 1.28. The van der Waals surface area contributed by atoms with Gasteiger partial charge < -0.3 is 4.90 Å². The summed E-state index contributed by atoms with van der Waals surface area (Å²) in [6.45, 7) is 0.767. The Labute approximate surface area is 167 Å². The number of nitrogens with one attached hydrogen (secondary N) is 2. The molecule has 1 saturated heterocycles. The van der Waals surface area contributed by atoms with Crippen LogP contribution in [0.2, 0.25) is 0 Å². The van der Waals surface area contributed by atoms with E-state index in [1.807, 2.05) is 13.1 Å². The van der Waals surface area contributed by atoms with Crippen molar-refractivity contribution < 1.29 is 9.18 Å². The zero-order chi connectivity index (χ0) is 19.8. The van der Waals surface area contributed by atoms with Crippen LogP contribution in [0.15, 0.2) is 54.6 Å². The summed E-state index contributed by atoms with van der Waals surface area (Å²) in [4.78, 5) is 14.0. The molecule has 1 heterocycles. The van der Waals surface area contributed by atoms with Gasteiger partial charge in [0.2, 0.25) is 5.91 Å². The number of nitrogens with zero attached hydrogens (tertiary/aromatic N) is 1. The highest BCUT2D eigenvalue weighted by molar-refractivity contribution is 5.78. The van der Waals surface area contributed by atoms with Gasteiger partial charge in [-0.1, -0.05) is 55.3 Å². The standard InChI is InChI=1S/C23H30FN3O/c1-27(23(28)16-18-11-13-20(24)14-12-18)15-7-3-6-10-21-17-22(26-25-21)19-8-4-2-5-9-19/h2,4-5,8-9,11-14,21-22,25-26H,3,6-7,10,15-17H2,1H3. The molecule has 28 heavy (non-hydrogen) atoms. The highest BCUT2D eigenvalue weighted by atomic mass is 19.1. The molecule has 0 radical (unpaired) electrons. The van der Waals surface area contributed by atoms with Gasteiger partial charge in [0.25, 0.3) is 0 Å². The third kappa shape index (κ3) is 6.14. The Bertz CT molecular complexity index is 735. The first-order chi connectivity index (χ1) is 13.6. The predicted molar refractivity (Wildman–Crippen MR) is 110 cm³/mol. The summed E-state index contributed by atoms with van der Waals surface area (Å²) in [6.07, 6.45) is 5.86. The summed E-state index contributed by atoms with van der Waals surface area (Å²) in [5.74, 6) is -0.189. The van der Waals surface area contributed by atoms with Crippen molar-refractivity contribution >= 4 is 5.91 Å². The van der Waals surface area contributed by atoms with Gasteiger partial charge in [-0.15, -0.1) is 0 Å². The molecule has 3 rings (SSSR count). The van der Waals surface area contributed by atoms with Crippen LogP contribution >= 0.6 is 0 Å². The summed E-state index contributed by atoms with van der Waals surface area (Å²) in [7, 11) is 1.85. The van der Waals surface area contributed by atoms with Gasteiger partial charge >= 0.3 is 0 Å². The van der Waals surface area contributed by atoms with Crippen LogP contribution in [0.1, 0.15) is 49.3 Å². The van der Waals surface area contributed by atoms with Gasteiger partial charge in [-0.3, -0.25) is 15.6 Å². The number of carbonyl (C=O) groups excluding carboxylic acids is 1. The van der Waals surface area contributed by atoms with Crippen molar-refractivity contribution in [3.8, 4) is 0 Å². The minimum absolute atomic E-state index is 0.0824. The van der Waals surface area contributed by atoms with E-state index in [0.717, 1.165) is 44.2 Å². The van der Waals surface area contributed by atoms with Crippen molar-refractivity contribution in [3.05, 3.63) is 71.5 Å². The number of carbonyl (C=O) groups is 1. The van der Waals surface area contributed by atoms with E-state index in [-0.39, 0.29) is 11.7 Å². The van der Waals surface area contributed by atoms with Gasteiger partial charge in [-0.2, -0.15) is 0 Å². The van der Waals surface area contributed by atoms with E-state index >= 15 is 0 Å². The summed E-state index contributed by atoms with van der Waals surface area (Å²) >= 11 is 0. The monoisotopic (exact) mass is 383 g/mol. The number of likely N-dealkylation sites (N-methyl/N-ethyl adjacent to an activating group) is 1. The Morgan fingerprint density at radius 2 is 1.79 bits per heavy atom. The summed E-state index contributed by atoms with van der Waals surface area (Å²) in [5, 5.41) is 0. The van der Waals surface area contributed by atoms with Crippen LogP contribution in [-0.2, 0) is 11.2 Å². The zero-order valence-corrected chi connectivity index (χ0v) is 16.5. The number of halogens is 1. The third-order valence-corrected chi connectivity index (χ3v) is 5.42. The van der Waals surface area contributed by atoms with E-state index in [1.165, 1.54) is 17.7 Å². The van der Waals surface area contributed by atoms with E-state index in [0.29, 0.717) is 18.5 Å². The molecule has 0 spiro atoms. The lowest BCUT2D eigenvalue weighted by molar-refractivity contribution is -0.129. The molecule has 150 valence electrons. The summed E-state index contributed by atoms with van der Waals surface area (Å²) in [5.41, 5.74) is 9.00. The minimum atomic E-state index is -0.272. The maximum Gasteiger partial charge on any atom is 0.226 e. The van der Waals surface area contributed by atoms with Crippen LogP contribution in [0.25, 0.3) is 0 Å². The average molecular weight is 384 g/mol. The lowest BCUT2D eigenvalue weighted by Crippen LogP contribution is -2.31. The molecule has 2 atom stereocenters. The van der Waals surface area contributed by atoms with Crippen molar-refractivity contribution in [2.24, 2.45) is 0 Å². The maximum absolute atomic E-state index is 12.9. The number of rotatable bonds is 9. The maximum atomic E-state index is 12.9. The van der Waals surface area contributed by atoms with E-state index in [4.69, 9.17) is 0 Å². The Hall–Kier alpha value is -2.24. The fourth-order valence-electron chi connectivity index (χ4n) is 3.67. The number of amides is 1. The fraction of sp³-hybridized carbons (Fsp3) is 0.435. The predicted octanol–water partition coefficient (Wildman–Crippen LogP) is 3.99. The molecular formula is C23H30FN3O. The van der Waals surface area contributed by atoms with Crippen LogP contribution in [0, 0.1) is 5.82 Å². The molecule has 0 saturated carbocycles.